The molecule has 1 fully saturated rings. The van der Waals surface area contributed by atoms with Crippen molar-refractivity contribution in [1.29, 1.82) is 0 Å². The third-order valence-electron chi connectivity index (χ3n) is 5.52. The maximum Gasteiger partial charge on any atom is 0.416 e. The maximum absolute atomic E-state index is 12.8. The Bertz CT molecular complexity index is 974. The van der Waals surface area contributed by atoms with Crippen molar-refractivity contribution in [3.8, 4) is 0 Å². The van der Waals surface area contributed by atoms with Crippen LogP contribution in [0.1, 0.15) is 18.9 Å². The summed E-state index contributed by atoms with van der Waals surface area (Å²) in [5.74, 6) is -0.318. The Hall–Kier alpha value is -3.34. The molecule has 0 saturated carbocycles. The Morgan fingerprint density at radius 2 is 1.76 bits per heavy atom. The largest absolute Gasteiger partial charge is 0.416 e. The SMILES string of the molecule is CCN1CCN(c2ccc(NC(=O)CCNc3ccc(C(F)(F)F)cc3[N+](=O)[O-])cc2)CC1. The number of rotatable bonds is 8. The van der Waals surface area contributed by atoms with E-state index in [2.05, 4.69) is 27.4 Å². The van der Waals surface area contributed by atoms with Crippen LogP contribution in [-0.4, -0.2) is 55.0 Å². The fourth-order valence-electron chi connectivity index (χ4n) is 3.62. The van der Waals surface area contributed by atoms with Gasteiger partial charge in [-0.05, 0) is 42.9 Å². The van der Waals surface area contributed by atoms with Gasteiger partial charge in [-0.1, -0.05) is 6.92 Å². The number of hydrogen-bond donors (Lipinski definition) is 2. The van der Waals surface area contributed by atoms with Crippen molar-refractivity contribution in [1.82, 2.24) is 4.90 Å². The molecule has 178 valence electrons. The summed E-state index contributed by atoms with van der Waals surface area (Å²) >= 11 is 0. The zero-order chi connectivity index (χ0) is 24.0. The number of carbonyl (C=O) groups is 1. The fraction of sp³-hybridized carbons (Fsp3) is 0.409. The first-order valence-electron chi connectivity index (χ1n) is 10.6. The molecule has 1 amide bonds. The standard InChI is InChI=1S/C22H26F3N5O3/c1-2-28-11-13-29(14-12-28)18-6-4-17(5-7-18)27-21(31)9-10-26-19-8-3-16(22(23,24)25)15-20(19)30(32)33/h3-8,15,26H,2,9-14H2,1H3,(H,27,31). The van der Waals surface area contributed by atoms with Gasteiger partial charge in [0, 0.05) is 56.6 Å². The van der Waals surface area contributed by atoms with Crippen LogP contribution in [0.15, 0.2) is 42.5 Å². The minimum absolute atomic E-state index is 0.0150. The molecule has 2 aromatic rings. The second kappa shape index (κ2) is 10.5. The van der Waals surface area contributed by atoms with Gasteiger partial charge in [0.05, 0.1) is 10.5 Å². The van der Waals surface area contributed by atoms with Crippen molar-refractivity contribution >= 4 is 28.7 Å². The van der Waals surface area contributed by atoms with Crippen molar-refractivity contribution in [2.45, 2.75) is 19.5 Å². The van der Waals surface area contributed by atoms with E-state index >= 15 is 0 Å². The van der Waals surface area contributed by atoms with Gasteiger partial charge in [0.2, 0.25) is 5.91 Å². The Labute approximate surface area is 189 Å². The summed E-state index contributed by atoms with van der Waals surface area (Å²) in [6, 6.07) is 9.76. The smallest absolute Gasteiger partial charge is 0.379 e. The minimum Gasteiger partial charge on any atom is -0.379 e. The van der Waals surface area contributed by atoms with E-state index in [1.54, 1.807) is 0 Å². The van der Waals surface area contributed by atoms with Crippen LogP contribution in [0.4, 0.5) is 35.9 Å². The first-order chi connectivity index (χ1) is 15.7. The first-order valence-corrected chi connectivity index (χ1v) is 10.6. The van der Waals surface area contributed by atoms with Crippen molar-refractivity contribution in [3.05, 3.63) is 58.1 Å². The third kappa shape index (κ3) is 6.58. The summed E-state index contributed by atoms with van der Waals surface area (Å²) in [5, 5.41) is 16.5. The number of piperazine rings is 1. The molecular weight excluding hydrogens is 439 g/mol. The molecule has 1 aliphatic heterocycles. The summed E-state index contributed by atoms with van der Waals surface area (Å²) < 4.78 is 38.4. The lowest BCUT2D eigenvalue weighted by molar-refractivity contribution is -0.384. The average molecular weight is 465 g/mol. The molecule has 3 rings (SSSR count). The zero-order valence-corrected chi connectivity index (χ0v) is 18.2. The number of likely N-dealkylation sites (N-methyl/N-ethyl adjacent to an activating group) is 1. The van der Waals surface area contributed by atoms with Crippen molar-refractivity contribution in [2.75, 3.05) is 54.8 Å². The van der Waals surface area contributed by atoms with Gasteiger partial charge in [-0.15, -0.1) is 0 Å². The van der Waals surface area contributed by atoms with Crippen molar-refractivity contribution < 1.29 is 22.9 Å². The number of alkyl halides is 3. The van der Waals surface area contributed by atoms with E-state index in [4.69, 9.17) is 0 Å². The highest BCUT2D eigenvalue weighted by Crippen LogP contribution is 2.34. The Balaban J connectivity index is 1.50. The lowest BCUT2D eigenvalue weighted by Gasteiger charge is -2.35. The topological polar surface area (TPSA) is 90.8 Å². The molecule has 0 aliphatic carbocycles. The van der Waals surface area contributed by atoms with E-state index in [1.807, 2.05) is 24.3 Å². The van der Waals surface area contributed by atoms with Crippen LogP contribution in [-0.2, 0) is 11.0 Å². The van der Waals surface area contributed by atoms with Gasteiger partial charge in [-0.2, -0.15) is 13.2 Å². The van der Waals surface area contributed by atoms with E-state index in [0.29, 0.717) is 11.8 Å². The van der Waals surface area contributed by atoms with Gasteiger partial charge < -0.3 is 20.4 Å². The van der Waals surface area contributed by atoms with Gasteiger partial charge in [0.15, 0.2) is 0 Å². The lowest BCUT2D eigenvalue weighted by Crippen LogP contribution is -2.46. The molecule has 33 heavy (non-hydrogen) atoms. The normalized spacial score (nSPS) is 14.7. The molecule has 1 heterocycles. The van der Waals surface area contributed by atoms with Crippen LogP contribution in [0, 0.1) is 10.1 Å². The van der Waals surface area contributed by atoms with E-state index in [9.17, 15) is 28.1 Å². The van der Waals surface area contributed by atoms with E-state index < -0.39 is 22.4 Å². The number of carbonyl (C=O) groups excluding carboxylic acids is 1. The Morgan fingerprint density at radius 3 is 2.33 bits per heavy atom. The average Bonchev–Trinajstić information content (AvgIpc) is 2.79. The molecule has 0 unspecified atom stereocenters. The van der Waals surface area contributed by atoms with E-state index in [1.165, 1.54) is 0 Å². The molecule has 2 aromatic carbocycles. The molecule has 11 heteroatoms. The Morgan fingerprint density at radius 1 is 1.09 bits per heavy atom. The fourth-order valence-corrected chi connectivity index (χ4v) is 3.62. The number of halogens is 3. The molecule has 0 radical (unpaired) electrons. The maximum atomic E-state index is 12.8. The highest BCUT2D eigenvalue weighted by molar-refractivity contribution is 5.91. The van der Waals surface area contributed by atoms with Crippen LogP contribution in [0.5, 0.6) is 0 Å². The van der Waals surface area contributed by atoms with Gasteiger partial charge in [0.1, 0.15) is 5.69 Å². The van der Waals surface area contributed by atoms with Crippen LogP contribution in [0.3, 0.4) is 0 Å². The second-order valence-corrected chi connectivity index (χ2v) is 7.68. The van der Waals surface area contributed by atoms with Crippen LogP contribution >= 0.6 is 0 Å². The van der Waals surface area contributed by atoms with Gasteiger partial charge in [0.25, 0.3) is 5.69 Å². The van der Waals surface area contributed by atoms with Gasteiger partial charge in [-0.25, -0.2) is 0 Å². The summed E-state index contributed by atoms with van der Waals surface area (Å²) in [4.78, 5) is 27.1. The van der Waals surface area contributed by atoms with Crippen LogP contribution < -0.4 is 15.5 Å². The minimum atomic E-state index is -4.68. The number of nitro benzene ring substituents is 1. The molecule has 8 nitrogen and oxygen atoms in total. The number of benzene rings is 2. The summed E-state index contributed by atoms with van der Waals surface area (Å²) in [5.41, 5.74) is -0.168. The van der Waals surface area contributed by atoms with E-state index in [0.717, 1.165) is 50.5 Å². The number of nitro groups is 1. The predicted molar refractivity (Wildman–Crippen MR) is 121 cm³/mol. The van der Waals surface area contributed by atoms with Crippen LogP contribution in [0.25, 0.3) is 0 Å². The van der Waals surface area contributed by atoms with Crippen molar-refractivity contribution in [3.63, 3.8) is 0 Å². The quantitative estimate of drug-likeness (QED) is 0.449. The second-order valence-electron chi connectivity index (χ2n) is 7.68. The molecule has 2 N–H and O–H groups in total. The molecule has 0 spiro atoms. The molecule has 1 saturated heterocycles. The molecule has 0 bridgehead atoms. The number of anilines is 3. The highest BCUT2D eigenvalue weighted by Gasteiger charge is 2.33. The molecule has 0 aromatic heterocycles. The molecule has 1 aliphatic rings. The first kappa shape index (κ1) is 24.3. The zero-order valence-electron chi connectivity index (χ0n) is 18.2. The summed E-state index contributed by atoms with van der Waals surface area (Å²) in [7, 11) is 0. The number of nitrogens with zero attached hydrogens (tertiary/aromatic N) is 3. The number of nitrogens with one attached hydrogen (secondary N) is 2. The Kier molecular flexibility index (Phi) is 7.75. The lowest BCUT2D eigenvalue weighted by atomic mass is 10.1. The highest BCUT2D eigenvalue weighted by atomic mass is 19.4. The monoisotopic (exact) mass is 465 g/mol. The van der Waals surface area contributed by atoms with Crippen molar-refractivity contribution in [2.24, 2.45) is 0 Å². The predicted octanol–water partition coefficient (Wildman–Crippen LogP) is 4.20. The number of amides is 1. The molecular formula is C22H26F3N5O3. The number of hydrogen-bond acceptors (Lipinski definition) is 6. The summed E-state index contributed by atoms with van der Waals surface area (Å²) in [6.45, 7) is 7.13. The van der Waals surface area contributed by atoms with Gasteiger partial charge in [-0.3, -0.25) is 14.9 Å². The summed E-state index contributed by atoms with van der Waals surface area (Å²) in [6.07, 6.45) is -4.69. The van der Waals surface area contributed by atoms with Gasteiger partial charge >= 0.3 is 6.18 Å². The van der Waals surface area contributed by atoms with Crippen LogP contribution in [0.2, 0.25) is 0 Å². The van der Waals surface area contributed by atoms with E-state index in [-0.39, 0.29) is 24.6 Å². The molecule has 0 atom stereocenters. The third-order valence-corrected chi connectivity index (χ3v) is 5.52.